The second-order valence-electron chi connectivity index (χ2n) is 4.62. The zero-order valence-electron chi connectivity index (χ0n) is 11.1. The van der Waals surface area contributed by atoms with Crippen molar-refractivity contribution in [2.24, 2.45) is 5.73 Å². The molecule has 1 atom stereocenters. The van der Waals surface area contributed by atoms with Crippen molar-refractivity contribution in [3.8, 4) is 0 Å². The van der Waals surface area contributed by atoms with Crippen LogP contribution in [-0.2, 0) is 6.54 Å². The summed E-state index contributed by atoms with van der Waals surface area (Å²) in [5, 5.41) is 3.35. The van der Waals surface area contributed by atoms with Gasteiger partial charge in [0.2, 0.25) is 5.91 Å². The Morgan fingerprint density at radius 3 is 2.79 bits per heavy atom. The van der Waals surface area contributed by atoms with E-state index in [0.29, 0.717) is 12.1 Å². The number of amides is 1. The molecule has 0 aliphatic heterocycles. The molecule has 2 rings (SSSR count). The molecule has 1 aromatic heterocycles. The fourth-order valence-corrected chi connectivity index (χ4v) is 1.89. The van der Waals surface area contributed by atoms with Crippen molar-refractivity contribution in [3.05, 3.63) is 59.0 Å². The first kappa shape index (κ1) is 13.4. The van der Waals surface area contributed by atoms with Crippen LogP contribution < -0.4 is 11.1 Å². The number of carbonyl (C=O) groups excluding carboxylic acids is 1. The molecule has 1 aromatic carbocycles. The van der Waals surface area contributed by atoms with Crippen LogP contribution in [0.15, 0.2) is 40.8 Å². The minimum absolute atomic E-state index is 0.117. The van der Waals surface area contributed by atoms with E-state index in [1.165, 1.54) is 0 Å². The predicted molar refractivity (Wildman–Crippen MR) is 73.7 cm³/mol. The van der Waals surface area contributed by atoms with Gasteiger partial charge in [-0.25, -0.2) is 0 Å². The Labute approximate surface area is 112 Å². The van der Waals surface area contributed by atoms with Crippen molar-refractivity contribution in [3.63, 3.8) is 0 Å². The maximum Gasteiger partial charge on any atom is 0.248 e. The van der Waals surface area contributed by atoms with Crippen LogP contribution in [0.2, 0.25) is 0 Å². The Balaban J connectivity index is 1.98. The average molecular weight is 258 g/mol. The summed E-state index contributed by atoms with van der Waals surface area (Å²) in [4.78, 5) is 11.1. The highest BCUT2D eigenvalue weighted by atomic mass is 16.3. The van der Waals surface area contributed by atoms with E-state index in [0.717, 1.165) is 17.1 Å². The maximum atomic E-state index is 11.1. The van der Waals surface area contributed by atoms with Gasteiger partial charge in [0.15, 0.2) is 0 Å². The molecule has 4 nitrogen and oxygen atoms in total. The van der Waals surface area contributed by atoms with Gasteiger partial charge in [-0.05, 0) is 43.7 Å². The number of rotatable bonds is 5. The molecule has 0 saturated carbocycles. The molecule has 2 aromatic rings. The van der Waals surface area contributed by atoms with Crippen LogP contribution in [0.1, 0.15) is 40.4 Å². The van der Waals surface area contributed by atoms with Crippen molar-refractivity contribution in [2.75, 3.05) is 0 Å². The summed E-state index contributed by atoms with van der Waals surface area (Å²) in [6, 6.07) is 11.3. The third-order valence-corrected chi connectivity index (χ3v) is 3.01. The minimum Gasteiger partial charge on any atom is -0.465 e. The summed E-state index contributed by atoms with van der Waals surface area (Å²) in [6.45, 7) is 4.62. The first-order valence-corrected chi connectivity index (χ1v) is 6.24. The largest absolute Gasteiger partial charge is 0.465 e. The predicted octanol–water partition coefficient (Wildman–Crippen LogP) is 2.54. The van der Waals surface area contributed by atoms with Gasteiger partial charge in [-0.15, -0.1) is 0 Å². The zero-order chi connectivity index (χ0) is 13.8. The molecule has 0 aliphatic carbocycles. The number of benzene rings is 1. The lowest BCUT2D eigenvalue weighted by atomic mass is 10.1. The van der Waals surface area contributed by atoms with Crippen LogP contribution in [0.4, 0.5) is 0 Å². The summed E-state index contributed by atoms with van der Waals surface area (Å²) in [5.41, 5.74) is 6.81. The average Bonchev–Trinajstić information content (AvgIpc) is 2.83. The van der Waals surface area contributed by atoms with Crippen LogP contribution >= 0.6 is 0 Å². The Morgan fingerprint density at radius 1 is 1.37 bits per heavy atom. The van der Waals surface area contributed by atoms with Gasteiger partial charge in [0, 0.05) is 12.1 Å². The molecular formula is C15H18N2O2. The van der Waals surface area contributed by atoms with Gasteiger partial charge in [0.05, 0.1) is 6.04 Å². The quantitative estimate of drug-likeness (QED) is 0.866. The van der Waals surface area contributed by atoms with E-state index in [2.05, 4.69) is 5.32 Å². The number of nitrogens with two attached hydrogens (primary N) is 1. The van der Waals surface area contributed by atoms with Gasteiger partial charge < -0.3 is 15.5 Å². The van der Waals surface area contributed by atoms with Gasteiger partial charge in [0.1, 0.15) is 11.5 Å². The van der Waals surface area contributed by atoms with Crippen LogP contribution in [0, 0.1) is 6.92 Å². The molecule has 3 N–H and O–H groups in total. The van der Waals surface area contributed by atoms with Crippen LogP contribution in [0.5, 0.6) is 0 Å². The normalized spacial score (nSPS) is 12.3. The molecule has 0 bridgehead atoms. The SMILES string of the molecule is Cc1ccc(C(C)NCc2cccc(C(N)=O)c2)o1. The van der Waals surface area contributed by atoms with E-state index in [9.17, 15) is 4.79 Å². The molecule has 0 aliphatic rings. The summed E-state index contributed by atoms with van der Waals surface area (Å²) in [7, 11) is 0. The summed E-state index contributed by atoms with van der Waals surface area (Å²) >= 11 is 0. The number of carbonyl (C=O) groups is 1. The Hall–Kier alpha value is -2.07. The van der Waals surface area contributed by atoms with Gasteiger partial charge in [-0.1, -0.05) is 12.1 Å². The highest BCUT2D eigenvalue weighted by Gasteiger charge is 2.09. The minimum atomic E-state index is -0.406. The first-order chi connectivity index (χ1) is 9.06. The van der Waals surface area contributed by atoms with E-state index in [1.807, 2.05) is 38.1 Å². The van der Waals surface area contributed by atoms with E-state index in [1.54, 1.807) is 12.1 Å². The standard InChI is InChI=1S/C15H18N2O2/c1-10-6-7-14(19-10)11(2)17-9-12-4-3-5-13(8-12)15(16)18/h3-8,11,17H,9H2,1-2H3,(H2,16,18). The van der Waals surface area contributed by atoms with Gasteiger partial charge in [0.25, 0.3) is 0 Å². The van der Waals surface area contributed by atoms with Gasteiger partial charge >= 0.3 is 0 Å². The number of primary amides is 1. The molecule has 4 heteroatoms. The molecule has 1 amide bonds. The van der Waals surface area contributed by atoms with Crippen molar-refractivity contribution in [1.29, 1.82) is 0 Å². The molecule has 1 unspecified atom stereocenters. The lowest BCUT2D eigenvalue weighted by Gasteiger charge is -2.11. The highest BCUT2D eigenvalue weighted by Crippen LogP contribution is 2.16. The van der Waals surface area contributed by atoms with Crippen LogP contribution in [-0.4, -0.2) is 5.91 Å². The molecule has 100 valence electrons. The number of furan rings is 1. The van der Waals surface area contributed by atoms with Gasteiger partial charge in [-0.3, -0.25) is 4.79 Å². The lowest BCUT2D eigenvalue weighted by Crippen LogP contribution is -2.18. The van der Waals surface area contributed by atoms with E-state index < -0.39 is 5.91 Å². The van der Waals surface area contributed by atoms with Crippen LogP contribution in [0.3, 0.4) is 0 Å². The molecule has 1 heterocycles. The molecule has 0 saturated heterocycles. The Morgan fingerprint density at radius 2 is 2.16 bits per heavy atom. The molecule has 0 radical (unpaired) electrons. The third-order valence-electron chi connectivity index (χ3n) is 3.01. The summed E-state index contributed by atoms with van der Waals surface area (Å²) in [6.07, 6.45) is 0. The van der Waals surface area contributed by atoms with Crippen LogP contribution in [0.25, 0.3) is 0 Å². The second-order valence-corrected chi connectivity index (χ2v) is 4.62. The maximum absolute atomic E-state index is 11.1. The number of nitrogens with one attached hydrogen (secondary N) is 1. The second kappa shape index (κ2) is 5.71. The fraction of sp³-hybridized carbons (Fsp3) is 0.267. The molecule has 19 heavy (non-hydrogen) atoms. The highest BCUT2D eigenvalue weighted by molar-refractivity contribution is 5.92. The number of hydrogen-bond donors (Lipinski definition) is 2. The summed E-state index contributed by atoms with van der Waals surface area (Å²) in [5.74, 6) is 1.40. The third kappa shape index (κ3) is 3.45. The smallest absolute Gasteiger partial charge is 0.248 e. The fourth-order valence-electron chi connectivity index (χ4n) is 1.89. The van der Waals surface area contributed by atoms with Crippen molar-refractivity contribution < 1.29 is 9.21 Å². The van der Waals surface area contributed by atoms with E-state index in [-0.39, 0.29) is 6.04 Å². The first-order valence-electron chi connectivity index (χ1n) is 6.24. The molecule has 0 fully saturated rings. The Kier molecular flexibility index (Phi) is 4.02. The zero-order valence-corrected chi connectivity index (χ0v) is 11.1. The monoisotopic (exact) mass is 258 g/mol. The summed E-state index contributed by atoms with van der Waals surface area (Å²) < 4.78 is 5.56. The van der Waals surface area contributed by atoms with E-state index >= 15 is 0 Å². The molecule has 0 spiro atoms. The topological polar surface area (TPSA) is 68.3 Å². The Bertz CT molecular complexity index is 575. The van der Waals surface area contributed by atoms with Gasteiger partial charge in [-0.2, -0.15) is 0 Å². The van der Waals surface area contributed by atoms with Crippen molar-refractivity contribution >= 4 is 5.91 Å². The number of hydrogen-bond acceptors (Lipinski definition) is 3. The lowest BCUT2D eigenvalue weighted by molar-refractivity contribution is 0.1000. The van der Waals surface area contributed by atoms with Crippen molar-refractivity contribution in [1.82, 2.24) is 5.32 Å². The van der Waals surface area contributed by atoms with Crippen molar-refractivity contribution in [2.45, 2.75) is 26.4 Å². The molecular weight excluding hydrogens is 240 g/mol. The number of aryl methyl sites for hydroxylation is 1. The van der Waals surface area contributed by atoms with E-state index in [4.69, 9.17) is 10.2 Å².